The van der Waals surface area contributed by atoms with E-state index >= 15 is 0 Å². The third kappa shape index (κ3) is 3.87. The molecule has 1 saturated carbocycles. The van der Waals surface area contributed by atoms with E-state index in [2.05, 4.69) is 28.9 Å². The van der Waals surface area contributed by atoms with Crippen LogP contribution in [0.1, 0.15) is 24.8 Å². The Balaban J connectivity index is 1.53. The summed E-state index contributed by atoms with van der Waals surface area (Å²) in [7, 11) is 0. The number of nitrogens with zero attached hydrogens (tertiary/aromatic N) is 2. The van der Waals surface area contributed by atoms with Crippen LogP contribution in [-0.2, 0) is 9.53 Å². The molecule has 0 unspecified atom stereocenters. The molecule has 7 heteroatoms. The fourth-order valence-corrected chi connectivity index (χ4v) is 3.52. The maximum Gasteiger partial charge on any atom is 0.326 e. The van der Waals surface area contributed by atoms with Gasteiger partial charge in [-0.15, -0.1) is 0 Å². The van der Waals surface area contributed by atoms with Gasteiger partial charge in [0.1, 0.15) is 5.54 Å². The van der Waals surface area contributed by atoms with E-state index < -0.39 is 29.8 Å². The Bertz CT molecular complexity index is 692. The second-order valence-corrected chi connectivity index (χ2v) is 6.84. The minimum Gasteiger partial charge on any atom is -0.464 e. The number of halogens is 3. The lowest BCUT2D eigenvalue weighted by atomic mass is 10.1. The molecule has 2 fully saturated rings. The van der Waals surface area contributed by atoms with Crippen molar-refractivity contribution in [2.24, 2.45) is 0 Å². The van der Waals surface area contributed by atoms with Crippen LogP contribution in [0.15, 0.2) is 36.2 Å². The minimum absolute atomic E-state index is 0.354. The maximum atomic E-state index is 12.8. The quantitative estimate of drug-likeness (QED) is 0.718. The Kier molecular flexibility index (Phi) is 5.55. The van der Waals surface area contributed by atoms with Gasteiger partial charge in [-0.1, -0.05) is 18.2 Å². The predicted octanol–water partition coefficient (Wildman–Crippen LogP) is 3.66. The van der Waals surface area contributed by atoms with E-state index in [1.165, 1.54) is 11.3 Å². The number of hydrogen-bond acceptors (Lipinski definition) is 4. The number of esters is 1. The molecule has 1 aromatic rings. The van der Waals surface area contributed by atoms with E-state index in [1.807, 2.05) is 12.1 Å². The van der Waals surface area contributed by atoms with Gasteiger partial charge in [0.2, 0.25) is 0 Å². The molecule has 0 atom stereocenters. The van der Waals surface area contributed by atoms with E-state index in [0.29, 0.717) is 12.8 Å². The molecule has 1 heterocycles. The third-order valence-electron chi connectivity index (χ3n) is 5.20. The number of para-hydroxylation sites is 1. The Morgan fingerprint density at radius 1 is 1.12 bits per heavy atom. The zero-order chi connectivity index (χ0) is 18.7. The van der Waals surface area contributed by atoms with Gasteiger partial charge in [-0.05, 0) is 31.4 Å². The molecular weight excluding hydrogens is 345 g/mol. The topological polar surface area (TPSA) is 32.8 Å². The van der Waals surface area contributed by atoms with Crippen LogP contribution in [0.2, 0.25) is 0 Å². The number of anilines is 1. The van der Waals surface area contributed by atoms with Crippen molar-refractivity contribution in [3.8, 4) is 0 Å². The van der Waals surface area contributed by atoms with Crippen molar-refractivity contribution in [2.45, 2.75) is 31.7 Å². The summed E-state index contributed by atoms with van der Waals surface area (Å²) in [5.74, 6) is -1.94. The van der Waals surface area contributed by atoms with Crippen molar-refractivity contribution in [3.63, 3.8) is 0 Å². The monoisotopic (exact) mass is 368 g/mol. The number of benzene rings is 1. The molecule has 0 spiro atoms. The minimum atomic E-state index is -2.35. The summed E-state index contributed by atoms with van der Waals surface area (Å²) in [4.78, 5) is 16.8. The first kappa shape index (κ1) is 18.8. The molecule has 0 amide bonds. The van der Waals surface area contributed by atoms with Gasteiger partial charge in [-0.3, -0.25) is 9.69 Å². The fourth-order valence-electron chi connectivity index (χ4n) is 3.52. The second kappa shape index (κ2) is 7.70. The first-order valence-electron chi connectivity index (χ1n) is 8.86. The largest absolute Gasteiger partial charge is 0.464 e. The molecule has 1 aromatic carbocycles. The van der Waals surface area contributed by atoms with Gasteiger partial charge < -0.3 is 9.64 Å². The summed E-state index contributed by atoms with van der Waals surface area (Å²) < 4.78 is 42.0. The summed E-state index contributed by atoms with van der Waals surface area (Å²) in [5, 5.41) is 0. The van der Waals surface area contributed by atoms with Crippen LogP contribution in [0.25, 0.3) is 0 Å². The average molecular weight is 368 g/mol. The van der Waals surface area contributed by atoms with Gasteiger partial charge in [0.05, 0.1) is 6.61 Å². The van der Waals surface area contributed by atoms with Crippen molar-refractivity contribution in [1.82, 2.24) is 4.90 Å². The lowest BCUT2D eigenvalue weighted by Gasteiger charge is -2.40. The average Bonchev–Trinajstić information content (AvgIpc) is 3.44. The van der Waals surface area contributed by atoms with Gasteiger partial charge >= 0.3 is 12.0 Å². The van der Waals surface area contributed by atoms with Gasteiger partial charge in [0.15, 0.2) is 5.83 Å². The lowest BCUT2D eigenvalue weighted by molar-refractivity contribution is -0.152. The molecule has 1 aliphatic carbocycles. The molecular formula is C19H23F3N2O2. The SMILES string of the molecule is Cc1ccccc1N1CCN(C2(C(=O)OCCC(F)=C(F)F)CC2)CC1. The zero-order valence-electron chi connectivity index (χ0n) is 14.8. The van der Waals surface area contributed by atoms with E-state index in [1.54, 1.807) is 0 Å². The van der Waals surface area contributed by atoms with Crippen molar-refractivity contribution in [1.29, 1.82) is 0 Å². The number of rotatable bonds is 6. The number of aryl methyl sites for hydroxylation is 1. The molecule has 3 rings (SSSR count). The Hall–Kier alpha value is -2.02. The molecule has 26 heavy (non-hydrogen) atoms. The van der Waals surface area contributed by atoms with Gasteiger partial charge in [-0.25, -0.2) is 4.39 Å². The Morgan fingerprint density at radius 3 is 2.35 bits per heavy atom. The van der Waals surface area contributed by atoms with Crippen molar-refractivity contribution < 1.29 is 22.7 Å². The van der Waals surface area contributed by atoms with Gasteiger partial charge in [-0.2, -0.15) is 8.78 Å². The van der Waals surface area contributed by atoms with Crippen LogP contribution in [0.3, 0.4) is 0 Å². The van der Waals surface area contributed by atoms with E-state index in [9.17, 15) is 18.0 Å². The molecule has 0 N–H and O–H groups in total. The first-order valence-corrected chi connectivity index (χ1v) is 8.86. The highest BCUT2D eigenvalue weighted by Gasteiger charge is 2.56. The summed E-state index contributed by atoms with van der Waals surface area (Å²) in [6.45, 7) is 4.81. The summed E-state index contributed by atoms with van der Waals surface area (Å²) >= 11 is 0. The van der Waals surface area contributed by atoms with E-state index in [-0.39, 0.29) is 6.61 Å². The van der Waals surface area contributed by atoms with Crippen LogP contribution in [-0.4, -0.2) is 49.2 Å². The van der Waals surface area contributed by atoms with Crippen LogP contribution in [0.4, 0.5) is 18.9 Å². The molecule has 2 aliphatic rings. The second-order valence-electron chi connectivity index (χ2n) is 6.84. The molecule has 0 radical (unpaired) electrons. The molecule has 0 bridgehead atoms. The maximum absolute atomic E-state index is 12.8. The normalized spacial score (nSPS) is 19.2. The van der Waals surface area contributed by atoms with Crippen LogP contribution >= 0.6 is 0 Å². The number of ether oxygens (including phenoxy) is 1. The van der Waals surface area contributed by atoms with Crippen molar-refractivity contribution in [2.75, 3.05) is 37.7 Å². The fraction of sp³-hybridized carbons (Fsp3) is 0.526. The Labute approximate surface area is 151 Å². The number of carbonyl (C=O) groups is 1. The predicted molar refractivity (Wildman–Crippen MR) is 92.9 cm³/mol. The van der Waals surface area contributed by atoms with E-state index in [4.69, 9.17) is 4.74 Å². The van der Waals surface area contributed by atoms with Crippen LogP contribution < -0.4 is 4.90 Å². The molecule has 4 nitrogen and oxygen atoms in total. The standard InChI is InChI=1S/C19H23F3N2O2/c1-14-4-2-3-5-16(14)23-9-11-24(12-10-23)19(7-8-19)18(25)26-13-6-15(20)17(21)22/h2-5H,6-13H2,1H3. The van der Waals surface area contributed by atoms with E-state index in [0.717, 1.165) is 26.2 Å². The molecule has 1 aliphatic heterocycles. The summed E-state index contributed by atoms with van der Waals surface area (Å²) in [5.41, 5.74) is 1.78. The van der Waals surface area contributed by atoms with Crippen LogP contribution in [0.5, 0.6) is 0 Å². The highest BCUT2D eigenvalue weighted by atomic mass is 19.3. The molecule has 142 valence electrons. The molecule has 1 saturated heterocycles. The number of piperazine rings is 1. The summed E-state index contributed by atoms with van der Waals surface area (Å²) in [6.07, 6.45) is -1.53. The third-order valence-corrected chi connectivity index (χ3v) is 5.20. The van der Waals surface area contributed by atoms with Gasteiger partial charge in [0.25, 0.3) is 0 Å². The summed E-state index contributed by atoms with van der Waals surface area (Å²) in [6, 6.07) is 8.20. The van der Waals surface area contributed by atoms with Gasteiger partial charge in [0, 0.05) is 38.3 Å². The van der Waals surface area contributed by atoms with Crippen molar-refractivity contribution in [3.05, 3.63) is 41.7 Å². The number of hydrogen-bond donors (Lipinski definition) is 0. The van der Waals surface area contributed by atoms with Crippen molar-refractivity contribution >= 4 is 11.7 Å². The Morgan fingerprint density at radius 2 is 1.77 bits per heavy atom. The van der Waals surface area contributed by atoms with Crippen LogP contribution in [0, 0.1) is 6.92 Å². The zero-order valence-corrected chi connectivity index (χ0v) is 14.8. The smallest absolute Gasteiger partial charge is 0.326 e. The molecule has 0 aromatic heterocycles. The highest BCUT2D eigenvalue weighted by Crippen LogP contribution is 2.43. The number of carbonyl (C=O) groups excluding carboxylic acids is 1. The highest BCUT2D eigenvalue weighted by molar-refractivity contribution is 5.84. The lowest BCUT2D eigenvalue weighted by Crippen LogP contribution is -2.54. The first-order chi connectivity index (χ1) is 12.4.